The molecule has 0 spiro atoms. The topological polar surface area (TPSA) is 25.8 Å². The van der Waals surface area contributed by atoms with E-state index in [9.17, 15) is 0 Å². The molecule has 2 rings (SSSR count). The van der Waals surface area contributed by atoms with Crippen molar-refractivity contribution in [3.05, 3.63) is 34.6 Å². The van der Waals surface area contributed by atoms with Crippen molar-refractivity contribution in [2.75, 3.05) is 0 Å². The smallest absolute Gasteiger partial charge is 0.0898 e. The molecule has 0 saturated carbocycles. The van der Waals surface area contributed by atoms with E-state index in [1.165, 1.54) is 0 Å². The maximum absolute atomic E-state index is 4.33. The van der Waals surface area contributed by atoms with Gasteiger partial charge in [0, 0.05) is 10.7 Å². The van der Waals surface area contributed by atoms with Gasteiger partial charge in [-0.25, -0.2) is 4.98 Å². The van der Waals surface area contributed by atoms with Crippen molar-refractivity contribution in [3.63, 3.8) is 0 Å². The highest BCUT2D eigenvalue weighted by atomic mass is 79.9. The quantitative estimate of drug-likeness (QED) is 0.714. The lowest BCUT2D eigenvalue weighted by Gasteiger charge is -1.97. The van der Waals surface area contributed by atoms with Crippen molar-refractivity contribution in [2.24, 2.45) is 0 Å². The van der Waals surface area contributed by atoms with Gasteiger partial charge in [0.2, 0.25) is 0 Å². The van der Waals surface area contributed by atoms with Gasteiger partial charge in [0.1, 0.15) is 0 Å². The lowest BCUT2D eigenvalue weighted by Crippen LogP contribution is -1.86. The standard InChI is InChI=1S/C9H7BrN2.C2H6/c1-6-5-11-9-4-7(10)2-3-8(9)12-6;1-2/h2-5H,1H3;1-2H3. The summed E-state index contributed by atoms with van der Waals surface area (Å²) in [5.74, 6) is 0. The Morgan fingerprint density at radius 1 is 1.14 bits per heavy atom. The molecule has 0 unspecified atom stereocenters. The first-order valence-electron chi connectivity index (χ1n) is 4.64. The zero-order chi connectivity index (χ0) is 10.6. The largest absolute Gasteiger partial charge is 0.253 e. The van der Waals surface area contributed by atoms with Crippen LogP contribution in [0.1, 0.15) is 19.5 Å². The minimum Gasteiger partial charge on any atom is -0.253 e. The summed E-state index contributed by atoms with van der Waals surface area (Å²) >= 11 is 3.38. The van der Waals surface area contributed by atoms with Crippen molar-refractivity contribution in [3.8, 4) is 0 Å². The average Bonchev–Trinajstić information content (AvgIpc) is 2.21. The first-order chi connectivity index (χ1) is 6.75. The first kappa shape index (κ1) is 11.1. The number of halogens is 1. The number of benzene rings is 1. The Morgan fingerprint density at radius 3 is 2.57 bits per heavy atom. The number of nitrogens with zero attached hydrogens (tertiary/aromatic N) is 2. The molecule has 0 bridgehead atoms. The maximum Gasteiger partial charge on any atom is 0.0898 e. The lowest BCUT2D eigenvalue weighted by molar-refractivity contribution is 1.18. The van der Waals surface area contributed by atoms with Crippen LogP contribution in [0.3, 0.4) is 0 Å². The molecule has 0 amide bonds. The highest BCUT2D eigenvalue weighted by Crippen LogP contribution is 2.15. The van der Waals surface area contributed by atoms with E-state index < -0.39 is 0 Å². The number of hydrogen-bond acceptors (Lipinski definition) is 2. The fourth-order valence-corrected chi connectivity index (χ4v) is 1.43. The number of aromatic nitrogens is 2. The lowest BCUT2D eigenvalue weighted by atomic mass is 10.3. The van der Waals surface area contributed by atoms with Gasteiger partial charge in [0.05, 0.1) is 16.7 Å². The Morgan fingerprint density at radius 2 is 1.86 bits per heavy atom. The second-order valence-electron chi connectivity index (χ2n) is 2.64. The number of fused-ring (bicyclic) bond motifs is 1. The van der Waals surface area contributed by atoms with Crippen LogP contribution in [0.4, 0.5) is 0 Å². The van der Waals surface area contributed by atoms with Gasteiger partial charge in [-0.1, -0.05) is 29.8 Å². The molecule has 0 radical (unpaired) electrons. The maximum atomic E-state index is 4.33. The predicted molar refractivity (Wildman–Crippen MR) is 63.3 cm³/mol. The summed E-state index contributed by atoms with van der Waals surface area (Å²) in [5, 5.41) is 0. The van der Waals surface area contributed by atoms with Gasteiger partial charge >= 0.3 is 0 Å². The van der Waals surface area contributed by atoms with Gasteiger partial charge in [-0.3, -0.25) is 4.98 Å². The Hall–Kier alpha value is -0.960. The Labute approximate surface area is 92.5 Å². The zero-order valence-electron chi connectivity index (χ0n) is 8.58. The van der Waals surface area contributed by atoms with E-state index in [2.05, 4.69) is 25.9 Å². The minimum absolute atomic E-state index is 0.926. The minimum atomic E-state index is 0.926. The van der Waals surface area contributed by atoms with Gasteiger partial charge < -0.3 is 0 Å². The summed E-state index contributed by atoms with van der Waals surface area (Å²) in [6.45, 7) is 5.94. The van der Waals surface area contributed by atoms with E-state index in [1.807, 2.05) is 39.0 Å². The summed E-state index contributed by atoms with van der Waals surface area (Å²) in [7, 11) is 0. The van der Waals surface area contributed by atoms with E-state index in [-0.39, 0.29) is 0 Å². The molecule has 14 heavy (non-hydrogen) atoms. The Balaban J connectivity index is 0.000000461. The molecule has 1 heterocycles. The molecule has 0 fully saturated rings. The number of rotatable bonds is 0. The van der Waals surface area contributed by atoms with Crippen molar-refractivity contribution in [1.82, 2.24) is 9.97 Å². The second-order valence-corrected chi connectivity index (χ2v) is 3.56. The predicted octanol–water partition coefficient (Wildman–Crippen LogP) is 3.73. The summed E-state index contributed by atoms with van der Waals surface area (Å²) in [4.78, 5) is 8.58. The molecule has 1 aromatic heterocycles. The van der Waals surface area contributed by atoms with Crippen LogP contribution in [0.15, 0.2) is 28.9 Å². The normalized spacial score (nSPS) is 9.43. The Bertz CT molecular complexity index is 385. The number of hydrogen-bond donors (Lipinski definition) is 0. The van der Waals surface area contributed by atoms with Crippen LogP contribution in [0, 0.1) is 6.92 Å². The van der Waals surface area contributed by atoms with Gasteiger partial charge in [-0.15, -0.1) is 0 Å². The van der Waals surface area contributed by atoms with Crippen molar-refractivity contribution >= 4 is 27.0 Å². The van der Waals surface area contributed by atoms with Crippen LogP contribution >= 0.6 is 15.9 Å². The number of aryl methyl sites for hydroxylation is 1. The van der Waals surface area contributed by atoms with Crippen LogP contribution in [0.2, 0.25) is 0 Å². The molecule has 1 aromatic carbocycles. The van der Waals surface area contributed by atoms with Crippen LogP contribution in [0.25, 0.3) is 11.0 Å². The molecule has 0 aliphatic heterocycles. The van der Waals surface area contributed by atoms with E-state index in [4.69, 9.17) is 0 Å². The molecule has 0 N–H and O–H groups in total. The first-order valence-corrected chi connectivity index (χ1v) is 5.44. The van der Waals surface area contributed by atoms with E-state index in [0.717, 1.165) is 21.2 Å². The third kappa shape index (κ3) is 2.51. The third-order valence-electron chi connectivity index (χ3n) is 1.62. The molecule has 0 aliphatic rings. The van der Waals surface area contributed by atoms with Crippen LogP contribution in [-0.2, 0) is 0 Å². The van der Waals surface area contributed by atoms with Gasteiger partial charge in [-0.2, -0.15) is 0 Å². The van der Waals surface area contributed by atoms with Crippen molar-refractivity contribution in [2.45, 2.75) is 20.8 Å². The van der Waals surface area contributed by atoms with Crippen LogP contribution in [-0.4, -0.2) is 9.97 Å². The average molecular weight is 253 g/mol. The molecule has 0 aliphatic carbocycles. The summed E-state index contributed by atoms with van der Waals surface area (Å²) < 4.78 is 1.04. The highest BCUT2D eigenvalue weighted by Gasteiger charge is 1.96. The molecule has 0 saturated heterocycles. The Kier molecular flexibility index (Phi) is 4.01. The van der Waals surface area contributed by atoms with Gasteiger partial charge in [-0.05, 0) is 25.1 Å². The van der Waals surface area contributed by atoms with Crippen LogP contribution < -0.4 is 0 Å². The highest BCUT2D eigenvalue weighted by molar-refractivity contribution is 9.10. The van der Waals surface area contributed by atoms with Crippen molar-refractivity contribution in [1.29, 1.82) is 0 Å². The summed E-state index contributed by atoms with van der Waals surface area (Å²) in [6.07, 6.45) is 1.77. The molecule has 2 aromatic rings. The molecule has 3 heteroatoms. The summed E-state index contributed by atoms with van der Waals surface area (Å²) in [5.41, 5.74) is 2.82. The molecule has 2 nitrogen and oxygen atoms in total. The van der Waals surface area contributed by atoms with Crippen LogP contribution in [0.5, 0.6) is 0 Å². The molecular formula is C11H13BrN2. The molecule has 74 valence electrons. The zero-order valence-corrected chi connectivity index (χ0v) is 10.2. The summed E-state index contributed by atoms with van der Waals surface area (Å²) in [6, 6.07) is 5.89. The monoisotopic (exact) mass is 252 g/mol. The molecule has 0 atom stereocenters. The molecular weight excluding hydrogens is 240 g/mol. The second kappa shape index (κ2) is 5.05. The van der Waals surface area contributed by atoms with Crippen molar-refractivity contribution < 1.29 is 0 Å². The van der Waals surface area contributed by atoms with E-state index >= 15 is 0 Å². The third-order valence-corrected chi connectivity index (χ3v) is 2.12. The van der Waals surface area contributed by atoms with Gasteiger partial charge in [0.25, 0.3) is 0 Å². The van der Waals surface area contributed by atoms with E-state index in [1.54, 1.807) is 6.20 Å². The van der Waals surface area contributed by atoms with E-state index in [0.29, 0.717) is 0 Å². The fourth-order valence-electron chi connectivity index (χ4n) is 1.08. The SMILES string of the molecule is CC.Cc1cnc2cc(Br)ccc2n1. The van der Waals surface area contributed by atoms with Gasteiger partial charge in [0.15, 0.2) is 0 Å². The fraction of sp³-hybridized carbons (Fsp3) is 0.273.